The van der Waals surface area contributed by atoms with E-state index < -0.39 is 0 Å². The number of nitrogens with zero attached hydrogens (tertiary/aromatic N) is 2. The maximum absolute atomic E-state index is 12.5. The first-order valence-corrected chi connectivity index (χ1v) is 7.10. The first-order chi connectivity index (χ1) is 9.01. The van der Waals surface area contributed by atoms with E-state index in [-0.39, 0.29) is 11.9 Å². The molecule has 1 rings (SSSR count). The van der Waals surface area contributed by atoms with E-state index in [1.54, 1.807) is 17.0 Å². The lowest BCUT2D eigenvalue weighted by Gasteiger charge is -2.26. The molecule has 106 valence electrons. The van der Waals surface area contributed by atoms with E-state index in [4.69, 9.17) is 11.6 Å². The van der Waals surface area contributed by atoms with Crippen LogP contribution in [-0.2, 0) is 0 Å². The number of hydrogen-bond acceptors (Lipinski definition) is 3. The van der Waals surface area contributed by atoms with Gasteiger partial charge in [0.05, 0.1) is 5.02 Å². The maximum Gasteiger partial charge on any atom is 0.274 e. The van der Waals surface area contributed by atoms with E-state index in [0.29, 0.717) is 23.1 Å². The van der Waals surface area contributed by atoms with Crippen LogP contribution in [0.2, 0.25) is 5.02 Å². The summed E-state index contributed by atoms with van der Waals surface area (Å²) in [6.45, 7) is 9.48. The number of amides is 1. The quantitative estimate of drug-likeness (QED) is 0.870. The van der Waals surface area contributed by atoms with Crippen LogP contribution in [0.3, 0.4) is 0 Å². The predicted molar refractivity (Wildman–Crippen MR) is 79.9 cm³/mol. The molecule has 1 heterocycles. The number of halogens is 1. The second kappa shape index (κ2) is 7.34. The number of carbonyl (C=O) groups is 1. The maximum atomic E-state index is 12.5. The van der Waals surface area contributed by atoms with E-state index in [1.807, 2.05) is 27.7 Å². The SMILES string of the molecule is CCCN(C(=O)c1nc(NCC)ccc1Cl)C(C)C. The molecule has 4 nitrogen and oxygen atoms in total. The number of aromatic nitrogens is 1. The Morgan fingerprint density at radius 1 is 1.42 bits per heavy atom. The number of hydrogen-bond donors (Lipinski definition) is 1. The summed E-state index contributed by atoms with van der Waals surface area (Å²) in [6, 6.07) is 3.62. The summed E-state index contributed by atoms with van der Waals surface area (Å²) < 4.78 is 0. The smallest absolute Gasteiger partial charge is 0.274 e. The van der Waals surface area contributed by atoms with E-state index in [2.05, 4.69) is 10.3 Å². The zero-order valence-electron chi connectivity index (χ0n) is 12.0. The van der Waals surface area contributed by atoms with Crippen LogP contribution in [0.25, 0.3) is 0 Å². The molecule has 0 bridgehead atoms. The first kappa shape index (κ1) is 15.8. The molecule has 0 saturated carbocycles. The number of rotatable bonds is 6. The van der Waals surface area contributed by atoms with Crippen LogP contribution >= 0.6 is 11.6 Å². The summed E-state index contributed by atoms with van der Waals surface area (Å²) >= 11 is 6.10. The third-order valence-corrected chi connectivity index (χ3v) is 3.06. The molecule has 0 aliphatic heterocycles. The monoisotopic (exact) mass is 283 g/mol. The molecule has 0 saturated heterocycles. The van der Waals surface area contributed by atoms with Gasteiger partial charge in [-0.25, -0.2) is 4.98 Å². The fraction of sp³-hybridized carbons (Fsp3) is 0.571. The van der Waals surface area contributed by atoms with Crippen LogP contribution in [0, 0.1) is 0 Å². The third kappa shape index (κ3) is 4.10. The molecule has 19 heavy (non-hydrogen) atoms. The molecule has 5 heteroatoms. The van der Waals surface area contributed by atoms with Crippen LogP contribution in [0.1, 0.15) is 44.6 Å². The van der Waals surface area contributed by atoms with Gasteiger partial charge in [-0.05, 0) is 39.3 Å². The highest BCUT2D eigenvalue weighted by molar-refractivity contribution is 6.33. The fourth-order valence-electron chi connectivity index (χ4n) is 1.84. The van der Waals surface area contributed by atoms with Crippen molar-refractivity contribution < 1.29 is 4.79 Å². The van der Waals surface area contributed by atoms with Crippen LogP contribution < -0.4 is 5.32 Å². The lowest BCUT2D eigenvalue weighted by atomic mass is 10.2. The molecule has 0 aliphatic carbocycles. The van der Waals surface area contributed by atoms with Crippen LogP contribution in [0.15, 0.2) is 12.1 Å². The lowest BCUT2D eigenvalue weighted by molar-refractivity contribution is 0.0700. The van der Waals surface area contributed by atoms with Gasteiger partial charge in [0, 0.05) is 19.1 Å². The van der Waals surface area contributed by atoms with Crippen molar-refractivity contribution in [3.8, 4) is 0 Å². The Hall–Kier alpha value is -1.29. The van der Waals surface area contributed by atoms with Crippen LogP contribution in [-0.4, -0.2) is 34.9 Å². The van der Waals surface area contributed by atoms with Crippen molar-refractivity contribution in [3.63, 3.8) is 0 Å². The number of carbonyl (C=O) groups excluding carboxylic acids is 1. The predicted octanol–water partition coefficient (Wildman–Crippen LogP) is 3.43. The number of pyridine rings is 1. The average Bonchev–Trinajstić information content (AvgIpc) is 2.37. The zero-order chi connectivity index (χ0) is 14.4. The van der Waals surface area contributed by atoms with E-state index in [0.717, 1.165) is 13.0 Å². The highest BCUT2D eigenvalue weighted by atomic mass is 35.5. The molecule has 1 amide bonds. The summed E-state index contributed by atoms with van der Waals surface area (Å²) in [6.07, 6.45) is 0.911. The molecular weight excluding hydrogens is 262 g/mol. The molecule has 0 atom stereocenters. The third-order valence-electron chi connectivity index (χ3n) is 2.76. The van der Waals surface area contributed by atoms with Gasteiger partial charge in [0.1, 0.15) is 11.5 Å². The van der Waals surface area contributed by atoms with Crippen LogP contribution in [0.4, 0.5) is 5.82 Å². The summed E-state index contributed by atoms with van der Waals surface area (Å²) in [4.78, 5) is 18.6. The highest BCUT2D eigenvalue weighted by Crippen LogP contribution is 2.19. The Morgan fingerprint density at radius 2 is 2.11 bits per heavy atom. The molecule has 0 unspecified atom stereocenters. The standard InChI is InChI=1S/C14H22ClN3O/c1-5-9-18(10(3)4)14(19)13-11(15)7-8-12(17-13)16-6-2/h7-8,10H,5-6,9H2,1-4H3,(H,16,17). The minimum atomic E-state index is -0.110. The second-order valence-corrected chi connectivity index (χ2v) is 5.06. The topological polar surface area (TPSA) is 45.2 Å². The summed E-state index contributed by atoms with van der Waals surface area (Å²) in [5, 5.41) is 3.49. The highest BCUT2D eigenvalue weighted by Gasteiger charge is 2.22. The summed E-state index contributed by atoms with van der Waals surface area (Å²) in [5.74, 6) is 0.567. The van der Waals surface area contributed by atoms with E-state index in [9.17, 15) is 4.79 Å². The molecule has 0 aliphatic rings. The molecular formula is C14H22ClN3O. The second-order valence-electron chi connectivity index (χ2n) is 4.65. The molecule has 0 aromatic carbocycles. The molecule has 0 radical (unpaired) electrons. The van der Waals surface area contributed by atoms with Gasteiger partial charge in [-0.2, -0.15) is 0 Å². The normalized spacial score (nSPS) is 10.6. The molecule has 1 N–H and O–H groups in total. The van der Waals surface area contributed by atoms with Crippen molar-refractivity contribution in [1.82, 2.24) is 9.88 Å². The van der Waals surface area contributed by atoms with Gasteiger partial charge in [-0.3, -0.25) is 4.79 Å². The van der Waals surface area contributed by atoms with Crippen molar-refractivity contribution in [1.29, 1.82) is 0 Å². The molecule has 0 fully saturated rings. The Kier molecular flexibility index (Phi) is 6.09. The van der Waals surface area contributed by atoms with Crippen molar-refractivity contribution in [3.05, 3.63) is 22.8 Å². The zero-order valence-corrected chi connectivity index (χ0v) is 12.8. The van der Waals surface area contributed by atoms with Gasteiger partial charge in [0.15, 0.2) is 0 Å². The fourth-order valence-corrected chi connectivity index (χ4v) is 2.03. The largest absolute Gasteiger partial charge is 0.370 e. The Labute approximate surface area is 120 Å². The van der Waals surface area contributed by atoms with Crippen molar-refractivity contribution in [2.24, 2.45) is 0 Å². The van der Waals surface area contributed by atoms with Gasteiger partial charge >= 0.3 is 0 Å². The lowest BCUT2D eigenvalue weighted by Crippen LogP contribution is -2.38. The Balaban J connectivity index is 3.05. The minimum Gasteiger partial charge on any atom is -0.370 e. The van der Waals surface area contributed by atoms with Gasteiger partial charge in [0.2, 0.25) is 0 Å². The van der Waals surface area contributed by atoms with Gasteiger partial charge in [-0.1, -0.05) is 18.5 Å². The first-order valence-electron chi connectivity index (χ1n) is 6.72. The van der Waals surface area contributed by atoms with Crippen LogP contribution in [0.5, 0.6) is 0 Å². The summed E-state index contributed by atoms with van der Waals surface area (Å²) in [7, 11) is 0. The molecule has 1 aromatic heterocycles. The Morgan fingerprint density at radius 3 is 2.63 bits per heavy atom. The van der Waals surface area contributed by atoms with E-state index >= 15 is 0 Å². The van der Waals surface area contributed by atoms with Gasteiger partial charge in [-0.15, -0.1) is 0 Å². The number of anilines is 1. The Bertz CT molecular complexity index is 435. The molecule has 0 spiro atoms. The average molecular weight is 284 g/mol. The van der Waals surface area contributed by atoms with Gasteiger partial charge in [0.25, 0.3) is 5.91 Å². The molecule has 1 aromatic rings. The van der Waals surface area contributed by atoms with Crippen molar-refractivity contribution in [2.75, 3.05) is 18.4 Å². The van der Waals surface area contributed by atoms with Crippen molar-refractivity contribution in [2.45, 2.75) is 40.2 Å². The van der Waals surface area contributed by atoms with E-state index in [1.165, 1.54) is 0 Å². The van der Waals surface area contributed by atoms with Crippen molar-refractivity contribution >= 4 is 23.3 Å². The minimum absolute atomic E-state index is 0.110. The number of nitrogens with one attached hydrogen (secondary N) is 1. The summed E-state index contributed by atoms with van der Waals surface area (Å²) in [5.41, 5.74) is 0.322. The van der Waals surface area contributed by atoms with Gasteiger partial charge < -0.3 is 10.2 Å².